The van der Waals surface area contributed by atoms with E-state index in [1.165, 1.54) is 12.1 Å². The largest absolute Gasteiger partial charge is 0.379 e. The number of morpholine rings is 1. The molecule has 1 saturated heterocycles. The number of hydrogen-bond donors (Lipinski definition) is 2. The number of likely N-dealkylation sites (N-methyl/N-ethyl adjacent to an activating group) is 1. The van der Waals surface area contributed by atoms with Crippen molar-refractivity contribution in [3.05, 3.63) is 35.6 Å². The number of halogens is 2. The number of hydrogen-bond acceptors (Lipinski definition) is 4. The number of rotatable bonds is 8. The molecule has 26 heavy (non-hydrogen) atoms. The monoisotopic (exact) mass is 479 g/mol. The molecule has 0 aromatic heterocycles. The van der Waals surface area contributed by atoms with E-state index in [2.05, 4.69) is 32.5 Å². The molecule has 1 aliphatic heterocycles. The molecule has 148 valence electrons. The minimum Gasteiger partial charge on any atom is -0.379 e. The Morgan fingerprint density at radius 3 is 2.50 bits per heavy atom. The van der Waals surface area contributed by atoms with Crippen molar-refractivity contribution < 1.29 is 9.13 Å². The zero-order valence-electron chi connectivity index (χ0n) is 15.7. The molecule has 1 fully saturated rings. The fraction of sp³-hybridized carbons (Fsp3) is 0.611. The molecular formula is C18H31FIN5O. The summed E-state index contributed by atoms with van der Waals surface area (Å²) in [6.07, 6.45) is 0. The summed E-state index contributed by atoms with van der Waals surface area (Å²) in [4.78, 5) is 8.84. The average Bonchev–Trinajstić information content (AvgIpc) is 2.63. The molecule has 1 aliphatic rings. The van der Waals surface area contributed by atoms with Crippen LogP contribution in [0.15, 0.2) is 29.3 Å². The second kappa shape index (κ2) is 13.2. The van der Waals surface area contributed by atoms with E-state index in [4.69, 9.17) is 4.74 Å². The predicted octanol–water partition coefficient (Wildman–Crippen LogP) is 1.37. The second-order valence-electron chi connectivity index (χ2n) is 6.24. The van der Waals surface area contributed by atoms with E-state index in [1.54, 1.807) is 7.05 Å². The van der Waals surface area contributed by atoms with Crippen LogP contribution in [0.2, 0.25) is 0 Å². The summed E-state index contributed by atoms with van der Waals surface area (Å²) in [6, 6.07) is 6.65. The van der Waals surface area contributed by atoms with Gasteiger partial charge in [-0.05, 0) is 24.7 Å². The third kappa shape index (κ3) is 9.11. The Morgan fingerprint density at radius 2 is 1.85 bits per heavy atom. The normalized spacial score (nSPS) is 15.6. The Morgan fingerprint density at radius 1 is 1.19 bits per heavy atom. The van der Waals surface area contributed by atoms with Crippen LogP contribution in [0.4, 0.5) is 4.39 Å². The Kier molecular flexibility index (Phi) is 11.7. The lowest BCUT2D eigenvalue weighted by molar-refractivity contribution is 0.0389. The highest BCUT2D eigenvalue weighted by Gasteiger charge is 2.09. The van der Waals surface area contributed by atoms with Crippen molar-refractivity contribution in [1.29, 1.82) is 0 Å². The summed E-state index contributed by atoms with van der Waals surface area (Å²) < 4.78 is 18.3. The predicted molar refractivity (Wildman–Crippen MR) is 115 cm³/mol. The molecule has 0 unspecified atom stereocenters. The molecule has 0 bridgehead atoms. The third-order valence-electron chi connectivity index (χ3n) is 4.20. The Labute approximate surface area is 173 Å². The molecule has 2 rings (SSSR count). The molecule has 6 nitrogen and oxygen atoms in total. The van der Waals surface area contributed by atoms with Crippen molar-refractivity contribution in [2.75, 3.05) is 66.6 Å². The van der Waals surface area contributed by atoms with E-state index in [-0.39, 0.29) is 29.8 Å². The summed E-state index contributed by atoms with van der Waals surface area (Å²) in [6.45, 7) is 7.99. The van der Waals surface area contributed by atoms with E-state index in [1.807, 2.05) is 12.1 Å². The van der Waals surface area contributed by atoms with Crippen LogP contribution in [0.1, 0.15) is 5.56 Å². The van der Waals surface area contributed by atoms with E-state index in [0.29, 0.717) is 0 Å². The van der Waals surface area contributed by atoms with Crippen molar-refractivity contribution in [1.82, 2.24) is 20.4 Å². The highest BCUT2D eigenvalue weighted by molar-refractivity contribution is 14.0. The first-order valence-corrected chi connectivity index (χ1v) is 8.85. The molecule has 8 heteroatoms. The summed E-state index contributed by atoms with van der Waals surface area (Å²) in [5, 5.41) is 6.67. The molecule has 1 aromatic carbocycles. The molecular weight excluding hydrogens is 448 g/mol. The van der Waals surface area contributed by atoms with Gasteiger partial charge >= 0.3 is 0 Å². The van der Waals surface area contributed by atoms with Gasteiger partial charge in [0.25, 0.3) is 0 Å². The fourth-order valence-corrected chi connectivity index (χ4v) is 2.72. The van der Waals surface area contributed by atoms with Crippen LogP contribution >= 0.6 is 24.0 Å². The Bertz CT molecular complexity index is 523. The number of nitrogens with one attached hydrogen (secondary N) is 2. The van der Waals surface area contributed by atoms with Gasteiger partial charge in [0.2, 0.25) is 0 Å². The quantitative estimate of drug-likeness (QED) is 0.335. The zero-order valence-corrected chi connectivity index (χ0v) is 18.0. The summed E-state index contributed by atoms with van der Waals surface area (Å²) in [5.74, 6) is 0.628. The lowest BCUT2D eigenvalue weighted by Gasteiger charge is -2.26. The van der Waals surface area contributed by atoms with E-state index < -0.39 is 0 Å². The molecule has 0 radical (unpaired) electrons. The first kappa shape index (κ1) is 23.1. The molecule has 0 aliphatic carbocycles. The maximum absolute atomic E-state index is 12.9. The summed E-state index contributed by atoms with van der Waals surface area (Å²) >= 11 is 0. The van der Waals surface area contributed by atoms with Crippen LogP contribution < -0.4 is 10.6 Å². The van der Waals surface area contributed by atoms with Crippen LogP contribution in [0.25, 0.3) is 0 Å². The fourth-order valence-electron chi connectivity index (χ4n) is 2.72. The number of guanidine groups is 1. The van der Waals surface area contributed by atoms with Gasteiger partial charge < -0.3 is 20.3 Å². The number of ether oxygens (including phenoxy) is 1. The number of nitrogens with zero attached hydrogens (tertiary/aromatic N) is 3. The summed E-state index contributed by atoms with van der Waals surface area (Å²) in [5.41, 5.74) is 1.11. The van der Waals surface area contributed by atoms with Crippen molar-refractivity contribution in [2.24, 2.45) is 4.99 Å². The van der Waals surface area contributed by atoms with Crippen molar-refractivity contribution in [2.45, 2.75) is 6.54 Å². The molecule has 0 saturated carbocycles. The van der Waals surface area contributed by atoms with Gasteiger partial charge in [-0.15, -0.1) is 24.0 Å². The number of benzene rings is 1. The maximum atomic E-state index is 12.9. The third-order valence-corrected chi connectivity index (χ3v) is 4.20. The highest BCUT2D eigenvalue weighted by Crippen LogP contribution is 2.05. The smallest absolute Gasteiger partial charge is 0.191 e. The van der Waals surface area contributed by atoms with Gasteiger partial charge in [0.05, 0.1) is 13.2 Å². The molecule has 1 aromatic rings. The molecule has 1 heterocycles. The lowest BCUT2D eigenvalue weighted by atomic mass is 10.2. The minimum absolute atomic E-state index is 0. The lowest BCUT2D eigenvalue weighted by Crippen LogP contribution is -2.45. The first-order chi connectivity index (χ1) is 12.2. The van der Waals surface area contributed by atoms with Crippen molar-refractivity contribution in [3.8, 4) is 0 Å². The average molecular weight is 479 g/mol. The van der Waals surface area contributed by atoms with Gasteiger partial charge in [0.15, 0.2) is 5.96 Å². The maximum Gasteiger partial charge on any atom is 0.191 e. The van der Waals surface area contributed by atoms with Gasteiger partial charge in [0.1, 0.15) is 5.82 Å². The summed E-state index contributed by atoms with van der Waals surface area (Å²) in [7, 11) is 3.84. The Hall–Kier alpha value is -0.970. The number of aliphatic imine (C=N–C) groups is 1. The second-order valence-corrected chi connectivity index (χ2v) is 6.24. The van der Waals surface area contributed by atoms with E-state index in [0.717, 1.165) is 70.6 Å². The van der Waals surface area contributed by atoms with Gasteiger partial charge in [0, 0.05) is 52.9 Å². The SMILES string of the molecule is CN=C(NCCN(C)Cc1ccc(F)cc1)NCCN1CCOCC1.I. The minimum atomic E-state index is -0.194. The van der Waals surface area contributed by atoms with Crippen LogP contribution in [0, 0.1) is 5.82 Å². The van der Waals surface area contributed by atoms with Crippen LogP contribution in [0.5, 0.6) is 0 Å². The standard InChI is InChI=1S/C18H30FN5O.HI/c1-20-18(22-8-10-24-11-13-25-14-12-24)21-7-9-23(2)15-16-3-5-17(19)6-4-16;/h3-6H,7-15H2,1-2H3,(H2,20,21,22);1H. The topological polar surface area (TPSA) is 52.1 Å². The zero-order chi connectivity index (χ0) is 17.9. The van der Waals surface area contributed by atoms with Crippen molar-refractivity contribution in [3.63, 3.8) is 0 Å². The van der Waals surface area contributed by atoms with Crippen LogP contribution in [-0.4, -0.2) is 82.3 Å². The Balaban J connectivity index is 0.00000338. The molecule has 0 spiro atoms. The van der Waals surface area contributed by atoms with Crippen LogP contribution in [0.3, 0.4) is 0 Å². The van der Waals surface area contributed by atoms with Gasteiger partial charge in [-0.3, -0.25) is 9.89 Å². The highest BCUT2D eigenvalue weighted by atomic mass is 127. The van der Waals surface area contributed by atoms with Crippen molar-refractivity contribution >= 4 is 29.9 Å². The van der Waals surface area contributed by atoms with Gasteiger partial charge in [-0.25, -0.2) is 4.39 Å². The van der Waals surface area contributed by atoms with E-state index >= 15 is 0 Å². The molecule has 0 amide bonds. The first-order valence-electron chi connectivity index (χ1n) is 8.85. The van der Waals surface area contributed by atoms with Crippen LogP contribution in [-0.2, 0) is 11.3 Å². The van der Waals surface area contributed by atoms with Gasteiger partial charge in [-0.1, -0.05) is 12.1 Å². The van der Waals surface area contributed by atoms with E-state index in [9.17, 15) is 4.39 Å². The molecule has 2 N–H and O–H groups in total. The molecule has 0 atom stereocenters. The van der Waals surface area contributed by atoms with Gasteiger partial charge in [-0.2, -0.15) is 0 Å².